The van der Waals surface area contributed by atoms with E-state index in [2.05, 4.69) is 25.8 Å². The molecule has 0 aliphatic carbocycles. The second kappa shape index (κ2) is 18.6. The van der Waals surface area contributed by atoms with Gasteiger partial charge >= 0.3 is 0 Å². The van der Waals surface area contributed by atoms with Crippen LogP contribution >= 0.6 is 0 Å². The molecule has 0 radical (unpaired) electrons. The Kier molecular flexibility index (Phi) is 15.2. The van der Waals surface area contributed by atoms with E-state index in [9.17, 15) is 18.4 Å². The van der Waals surface area contributed by atoms with E-state index in [1.54, 1.807) is 25.1 Å². The van der Waals surface area contributed by atoms with Gasteiger partial charge in [0.15, 0.2) is 19.0 Å². The van der Waals surface area contributed by atoms with Crippen molar-refractivity contribution in [3.05, 3.63) is 47.0 Å². The third kappa shape index (κ3) is 10.6. The maximum absolute atomic E-state index is 12.8. The number of nitrogens with zero attached hydrogens (tertiary/aromatic N) is 3. The van der Waals surface area contributed by atoms with Gasteiger partial charge in [-0.05, 0) is 30.7 Å². The number of fused-ring (bicyclic) bond motifs is 1. The first-order valence-corrected chi connectivity index (χ1v) is 14.3. The highest BCUT2D eigenvalue weighted by Gasteiger charge is 2.35. The lowest BCUT2D eigenvalue weighted by molar-refractivity contribution is -0.178. The standard InChI is InChI=1S/C23H25N5O7.C2H2F2O.2C2H6/c1-12-25-15(16-6-20(35-28-16)21-10-32-14(8-29)9-33-21)5-18(26-12)23(31)24-7-13-2-3-19-17(4-13)27-22(30)11-34-19;3-2(4)1-5;2*1-2/h2-5,14,20-21,29H,6-11H2,1H3,(H,24,31)(H,27,30);1-2H;2*1-2H3. The Balaban J connectivity index is 0.000000673. The van der Waals surface area contributed by atoms with Crippen LogP contribution in [0.25, 0.3) is 0 Å². The van der Waals surface area contributed by atoms with Crippen LogP contribution in [0.4, 0.5) is 14.5 Å². The smallest absolute Gasteiger partial charge is 0.293 e. The Hall–Kier alpha value is -4.08. The van der Waals surface area contributed by atoms with Crippen LogP contribution in [0.3, 0.4) is 0 Å². The zero-order valence-corrected chi connectivity index (χ0v) is 25.3. The lowest BCUT2D eigenvalue weighted by atomic mass is 10.0. The summed E-state index contributed by atoms with van der Waals surface area (Å²) in [5.41, 5.74) is 2.66. The first-order valence-electron chi connectivity index (χ1n) is 14.3. The number of carbonyl (C=O) groups excluding carboxylic acids is 3. The number of ether oxygens (including phenoxy) is 3. The number of rotatable bonds is 7. The zero-order valence-electron chi connectivity index (χ0n) is 25.3. The maximum atomic E-state index is 12.8. The molecule has 3 aliphatic heterocycles. The molecule has 1 aromatic heterocycles. The van der Waals surface area contributed by atoms with Gasteiger partial charge in [0.25, 0.3) is 18.2 Å². The van der Waals surface area contributed by atoms with Gasteiger partial charge in [-0.1, -0.05) is 38.9 Å². The number of aliphatic hydroxyl groups excluding tert-OH is 1. The maximum Gasteiger partial charge on any atom is 0.293 e. The van der Waals surface area contributed by atoms with E-state index >= 15 is 0 Å². The second-order valence-electron chi connectivity index (χ2n) is 8.90. The molecule has 3 unspecified atom stereocenters. The van der Waals surface area contributed by atoms with Gasteiger partial charge in [-0.25, -0.2) is 18.7 Å². The van der Waals surface area contributed by atoms with E-state index in [0.717, 1.165) is 5.56 Å². The van der Waals surface area contributed by atoms with E-state index in [1.807, 2.05) is 33.8 Å². The normalized spacial score (nSPS) is 19.9. The number of alkyl halides is 2. The van der Waals surface area contributed by atoms with Gasteiger partial charge in [-0.3, -0.25) is 14.4 Å². The quantitative estimate of drug-likeness (QED) is 0.390. The molecule has 242 valence electrons. The summed E-state index contributed by atoms with van der Waals surface area (Å²) in [4.78, 5) is 47.3. The highest BCUT2D eigenvalue weighted by Crippen LogP contribution is 2.28. The number of halogens is 2. The highest BCUT2D eigenvalue weighted by atomic mass is 19.3. The molecule has 15 heteroatoms. The molecule has 3 atom stereocenters. The van der Waals surface area contributed by atoms with Crippen molar-refractivity contribution in [1.29, 1.82) is 0 Å². The predicted octanol–water partition coefficient (Wildman–Crippen LogP) is 2.82. The van der Waals surface area contributed by atoms with Crippen LogP contribution < -0.4 is 15.4 Å². The van der Waals surface area contributed by atoms with Gasteiger partial charge in [0.2, 0.25) is 0 Å². The minimum atomic E-state index is -2.80. The summed E-state index contributed by atoms with van der Waals surface area (Å²) >= 11 is 0. The molecule has 0 bridgehead atoms. The van der Waals surface area contributed by atoms with Gasteiger partial charge in [0.05, 0.1) is 31.2 Å². The molecule has 13 nitrogen and oxygen atoms in total. The van der Waals surface area contributed by atoms with E-state index < -0.39 is 12.7 Å². The summed E-state index contributed by atoms with van der Waals surface area (Å²) in [6, 6.07) is 6.91. The SMILES string of the molecule is CC.CC.Cc1nc(C(=O)NCc2ccc3c(c2)NC(=O)CO3)cc(C2=NOC(C3COC(CO)CO3)C2)n1.O=CC(F)F. The number of aldehydes is 1. The molecule has 4 heterocycles. The fourth-order valence-corrected chi connectivity index (χ4v) is 3.97. The highest BCUT2D eigenvalue weighted by molar-refractivity contribution is 6.02. The molecule has 2 aromatic rings. The molecule has 1 aromatic carbocycles. The molecule has 2 amide bonds. The topological polar surface area (TPSA) is 171 Å². The summed E-state index contributed by atoms with van der Waals surface area (Å²) in [6.45, 7) is 10.4. The molecular formula is C29H39F2N5O8. The number of carbonyl (C=O) groups is 3. The Bertz CT molecular complexity index is 1270. The largest absolute Gasteiger partial charge is 0.482 e. The monoisotopic (exact) mass is 623 g/mol. The van der Waals surface area contributed by atoms with Crippen molar-refractivity contribution < 1.29 is 47.3 Å². The summed E-state index contributed by atoms with van der Waals surface area (Å²) < 4.78 is 37.4. The average Bonchev–Trinajstić information content (AvgIpc) is 3.56. The molecule has 0 spiro atoms. The van der Waals surface area contributed by atoms with Gasteiger partial charge in [0.1, 0.15) is 35.2 Å². The number of nitrogens with one attached hydrogen (secondary N) is 2. The van der Waals surface area contributed by atoms with Crippen LogP contribution in [0.5, 0.6) is 5.75 Å². The van der Waals surface area contributed by atoms with E-state index in [4.69, 9.17) is 28.9 Å². The summed E-state index contributed by atoms with van der Waals surface area (Å²) in [6.07, 6.45) is -3.75. The fourth-order valence-electron chi connectivity index (χ4n) is 3.97. The Morgan fingerprint density at radius 2 is 1.86 bits per heavy atom. The molecular weight excluding hydrogens is 584 g/mol. The first kappa shape index (κ1) is 36.1. The van der Waals surface area contributed by atoms with Crippen molar-refractivity contribution in [2.75, 3.05) is 31.7 Å². The van der Waals surface area contributed by atoms with Gasteiger partial charge in [-0.2, -0.15) is 0 Å². The van der Waals surface area contributed by atoms with Crippen molar-refractivity contribution in [3.8, 4) is 5.75 Å². The zero-order chi connectivity index (χ0) is 32.6. The van der Waals surface area contributed by atoms with Crippen molar-refractivity contribution >= 4 is 29.5 Å². The minimum Gasteiger partial charge on any atom is -0.482 e. The Labute approximate surface area is 254 Å². The van der Waals surface area contributed by atoms with E-state index in [1.165, 1.54) is 0 Å². The van der Waals surface area contributed by atoms with Crippen LogP contribution in [0.1, 0.15) is 61.7 Å². The molecule has 44 heavy (non-hydrogen) atoms. The van der Waals surface area contributed by atoms with Crippen LogP contribution in [0, 0.1) is 6.92 Å². The van der Waals surface area contributed by atoms with Crippen molar-refractivity contribution in [2.24, 2.45) is 5.16 Å². The number of aromatic nitrogens is 2. The fraction of sp³-hybridized carbons (Fsp3) is 0.517. The molecule has 3 N–H and O–H groups in total. The number of hydrogen-bond acceptors (Lipinski definition) is 11. The Morgan fingerprint density at radius 3 is 2.50 bits per heavy atom. The van der Waals surface area contributed by atoms with Crippen LogP contribution in [-0.4, -0.2) is 90.1 Å². The number of aryl methyl sites for hydroxylation is 1. The number of anilines is 1. The third-order valence-electron chi connectivity index (χ3n) is 5.90. The molecule has 0 saturated carbocycles. The number of amides is 2. The van der Waals surface area contributed by atoms with Gasteiger partial charge in [0, 0.05) is 13.0 Å². The number of hydrogen-bond donors (Lipinski definition) is 3. The lowest BCUT2D eigenvalue weighted by Crippen LogP contribution is -2.43. The van der Waals surface area contributed by atoms with Crippen LogP contribution in [-0.2, 0) is 30.4 Å². The van der Waals surface area contributed by atoms with Crippen molar-refractivity contribution in [3.63, 3.8) is 0 Å². The second-order valence-corrected chi connectivity index (χ2v) is 8.90. The average molecular weight is 624 g/mol. The van der Waals surface area contributed by atoms with Gasteiger partial charge < -0.3 is 34.8 Å². The number of oxime groups is 1. The third-order valence-corrected chi connectivity index (χ3v) is 5.90. The summed E-state index contributed by atoms with van der Waals surface area (Å²) in [5.74, 6) is 0.424. The van der Waals surface area contributed by atoms with E-state index in [0.29, 0.717) is 41.7 Å². The summed E-state index contributed by atoms with van der Waals surface area (Å²) in [7, 11) is 0. The van der Waals surface area contributed by atoms with Gasteiger partial charge in [-0.15, -0.1) is 0 Å². The van der Waals surface area contributed by atoms with Crippen LogP contribution in [0.15, 0.2) is 29.4 Å². The van der Waals surface area contributed by atoms with E-state index in [-0.39, 0.29) is 62.2 Å². The molecule has 1 fully saturated rings. The lowest BCUT2D eigenvalue weighted by Gasteiger charge is -2.30. The molecule has 3 aliphatic rings. The van der Waals surface area contributed by atoms with Crippen molar-refractivity contribution in [1.82, 2.24) is 15.3 Å². The number of benzene rings is 1. The van der Waals surface area contributed by atoms with Crippen molar-refractivity contribution in [2.45, 2.75) is 72.3 Å². The van der Waals surface area contributed by atoms with Crippen LogP contribution in [0.2, 0.25) is 0 Å². The minimum absolute atomic E-state index is 0.0127. The predicted molar refractivity (Wildman–Crippen MR) is 156 cm³/mol. The number of aliphatic hydroxyl groups is 1. The first-order chi connectivity index (χ1) is 21.2. The molecule has 5 rings (SSSR count). The summed E-state index contributed by atoms with van der Waals surface area (Å²) in [5, 5.41) is 18.9. The Morgan fingerprint density at radius 1 is 1.14 bits per heavy atom. The molecule has 1 saturated heterocycles.